The molecule has 0 bridgehead atoms. The van der Waals surface area contributed by atoms with Crippen LogP contribution in [0.2, 0.25) is 5.02 Å². The molecule has 0 nitrogen and oxygen atoms in total. The fourth-order valence-electron chi connectivity index (χ4n) is 5.51. The van der Waals surface area contributed by atoms with Gasteiger partial charge in [0.15, 0.2) is 0 Å². The van der Waals surface area contributed by atoms with Gasteiger partial charge in [0.2, 0.25) is 0 Å². The van der Waals surface area contributed by atoms with Crippen LogP contribution >= 0.6 is 11.6 Å². The molecule has 0 aromatic heterocycles. The number of unbranched alkanes of at least 4 members (excludes halogenated alkanes) is 2. The molecule has 27 heavy (non-hydrogen) atoms. The summed E-state index contributed by atoms with van der Waals surface area (Å²) in [6.07, 6.45) is 19.6. The van der Waals surface area contributed by atoms with Gasteiger partial charge in [-0.05, 0) is 67.1 Å². The Morgan fingerprint density at radius 2 is 1.37 bits per heavy atom. The van der Waals surface area contributed by atoms with Crippen LogP contribution in [-0.2, 0) is 0 Å². The molecule has 0 atom stereocenters. The van der Waals surface area contributed by atoms with E-state index in [1.54, 1.807) is 12.1 Å². The molecule has 0 radical (unpaired) electrons. The van der Waals surface area contributed by atoms with E-state index in [1.807, 2.05) is 6.07 Å². The fraction of sp³-hybridized carbons (Fsp3) is 0.760. The molecular weight excluding hydrogens is 355 g/mol. The van der Waals surface area contributed by atoms with Crippen LogP contribution in [0.3, 0.4) is 0 Å². The van der Waals surface area contributed by atoms with E-state index in [4.69, 9.17) is 11.6 Å². The van der Waals surface area contributed by atoms with E-state index in [1.165, 1.54) is 89.9 Å². The molecule has 0 unspecified atom stereocenters. The molecule has 3 rings (SSSR count). The Labute approximate surface area is 171 Å². The van der Waals surface area contributed by atoms with Gasteiger partial charge in [0, 0.05) is 0 Å². The predicted octanol–water partition coefficient (Wildman–Crippen LogP) is 8.92. The molecule has 2 aliphatic carbocycles. The van der Waals surface area contributed by atoms with Crippen LogP contribution in [0, 0.1) is 23.6 Å². The van der Waals surface area contributed by atoms with Gasteiger partial charge in [0.25, 0.3) is 0 Å². The Hall–Kier alpha value is -0.560. The Kier molecular flexibility index (Phi) is 8.49. The number of rotatable bonds is 8. The van der Waals surface area contributed by atoms with Gasteiger partial charge >= 0.3 is 0 Å². The summed E-state index contributed by atoms with van der Waals surface area (Å²) in [5, 5.41) is 0.243. The van der Waals surface area contributed by atoms with E-state index in [-0.39, 0.29) is 10.8 Å². The highest BCUT2D eigenvalue weighted by atomic mass is 35.5. The lowest BCUT2D eigenvalue weighted by Gasteiger charge is -2.32. The molecule has 0 heterocycles. The maximum Gasteiger partial charge on any atom is 0.142 e. The molecule has 2 aliphatic rings. The summed E-state index contributed by atoms with van der Waals surface area (Å²) in [6.45, 7) is 2.30. The first kappa shape index (κ1) is 21.2. The normalized spacial score (nSPS) is 29.0. The van der Waals surface area contributed by atoms with Crippen LogP contribution < -0.4 is 0 Å². The van der Waals surface area contributed by atoms with Crippen molar-refractivity contribution in [1.29, 1.82) is 0 Å². The van der Waals surface area contributed by atoms with Crippen molar-refractivity contribution in [3.8, 4) is 0 Å². The van der Waals surface area contributed by atoms with Crippen LogP contribution in [-0.4, -0.2) is 0 Å². The first-order valence-corrected chi connectivity index (χ1v) is 12.0. The van der Waals surface area contributed by atoms with Crippen LogP contribution in [0.5, 0.6) is 0 Å². The number of halogens is 2. The summed E-state index contributed by atoms with van der Waals surface area (Å²) in [5.41, 5.74) is 1.15. The van der Waals surface area contributed by atoms with E-state index < -0.39 is 0 Å². The highest BCUT2D eigenvalue weighted by Crippen LogP contribution is 2.40. The summed E-state index contributed by atoms with van der Waals surface area (Å²) < 4.78 is 13.7. The average molecular weight is 393 g/mol. The second-order valence-corrected chi connectivity index (χ2v) is 9.76. The zero-order valence-electron chi connectivity index (χ0n) is 17.2. The van der Waals surface area contributed by atoms with Gasteiger partial charge in [-0.2, -0.15) is 0 Å². The van der Waals surface area contributed by atoms with Gasteiger partial charge < -0.3 is 0 Å². The molecule has 152 valence electrons. The third kappa shape index (κ3) is 6.48. The van der Waals surface area contributed by atoms with Gasteiger partial charge in [0.05, 0.1) is 5.02 Å². The van der Waals surface area contributed by atoms with Crippen molar-refractivity contribution in [2.75, 3.05) is 0 Å². The fourth-order valence-corrected chi connectivity index (χ4v) is 5.63. The largest absolute Gasteiger partial charge is 0.205 e. The first-order chi connectivity index (χ1) is 13.2. The zero-order chi connectivity index (χ0) is 19.1. The Morgan fingerprint density at radius 3 is 1.93 bits per heavy atom. The minimum atomic E-state index is -0.262. The minimum absolute atomic E-state index is 0.243. The molecule has 2 fully saturated rings. The van der Waals surface area contributed by atoms with Crippen molar-refractivity contribution in [2.45, 2.75) is 103 Å². The predicted molar refractivity (Wildman–Crippen MR) is 115 cm³/mol. The molecule has 1 aromatic rings. The molecule has 0 spiro atoms. The second kappa shape index (κ2) is 10.8. The molecule has 1 aromatic carbocycles. The molecule has 0 N–H and O–H groups in total. The molecule has 0 amide bonds. The van der Waals surface area contributed by atoms with Crippen molar-refractivity contribution < 1.29 is 4.39 Å². The van der Waals surface area contributed by atoms with E-state index >= 15 is 0 Å². The Bertz CT molecular complexity index is 553. The quantitative estimate of drug-likeness (QED) is 0.387. The third-order valence-corrected chi connectivity index (χ3v) is 7.73. The van der Waals surface area contributed by atoms with Gasteiger partial charge in [-0.1, -0.05) is 88.8 Å². The molecular formula is C25H38ClF. The van der Waals surface area contributed by atoms with Gasteiger partial charge in [-0.15, -0.1) is 0 Å². The van der Waals surface area contributed by atoms with Crippen molar-refractivity contribution in [1.82, 2.24) is 0 Å². The van der Waals surface area contributed by atoms with Crippen molar-refractivity contribution in [2.24, 2.45) is 17.8 Å². The van der Waals surface area contributed by atoms with Crippen LogP contribution in [0.1, 0.15) is 108 Å². The average Bonchev–Trinajstić information content (AvgIpc) is 2.70. The van der Waals surface area contributed by atoms with Crippen molar-refractivity contribution >= 4 is 11.6 Å². The molecule has 0 aliphatic heterocycles. The first-order valence-electron chi connectivity index (χ1n) is 11.6. The summed E-state index contributed by atoms with van der Waals surface area (Å²) >= 11 is 5.82. The maximum absolute atomic E-state index is 13.7. The molecule has 2 saturated carbocycles. The lowest BCUT2D eigenvalue weighted by atomic mass is 9.74. The number of hydrogen-bond acceptors (Lipinski definition) is 0. The Morgan fingerprint density at radius 1 is 0.815 bits per heavy atom. The number of hydrogen-bond donors (Lipinski definition) is 0. The summed E-state index contributed by atoms with van der Waals surface area (Å²) in [4.78, 5) is 0. The van der Waals surface area contributed by atoms with Crippen LogP contribution in [0.15, 0.2) is 18.2 Å². The van der Waals surface area contributed by atoms with Crippen LogP contribution in [0.4, 0.5) is 4.39 Å². The number of benzene rings is 1. The highest BCUT2D eigenvalue weighted by molar-refractivity contribution is 6.30. The van der Waals surface area contributed by atoms with E-state index in [0.717, 1.165) is 23.3 Å². The minimum Gasteiger partial charge on any atom is -0.205 e. The summed E-state index contributed by atoms with van der Waals surface area (Å²) in [5.74, 6) is 3.20. The van der Waals surface area contributed by atoms with Crippen molar-refractivity contribution in [3.05, 3.63) is 34.6 Å². The van der Waals surface area contributed by atoms with Crippen molar-refractivity contribution in [3.63, 3.8) is 0 Å². The maximum atomic E-state index is 13.7. The SMILES string of the molecule is CCCCC[C@H]1CC[C@H](CCC2CCC(c3ccc(Cl)c(F)c3)CC2)CC1. The van der Waals surface area contributed by atoms with Gasteiger partial charge in [0.1, 0.15) is 5.82 Å². The summed E-state index contributed by atoms with van der Waals surface area (Å²) in [7, 11) is 0. The topological polar surface area (TPSA) is 0 Å². The third-order valence-electron chi connectivity index (χ3n) is 7.43. The van der Waals surface area contributed by atoms with E-state index in [0.29, 0.717) is 5.92 Å². The van der Waals surface area contributed by atoms with Gasteiger partial charge in [-0.25, -0.2) is 4.39 Å². The van der Waals surface area contributed by atoms with E-state index in [9.17, 15) is 4.39 Å². The van der Waals surface area contributed by atoms with E-state index in [2.05, 4.69) is 6.92 Å². The Balaban J connectivity index is 1.32. The smallest absolute Gasteiger partial charge is 0.142 e. The lowest BCUT2D eigenvalue weighted by Crippen LogP contribution is -2.18. The monoisotopic (exact) mass is 392 g/mol. The second-order valence-electron chi connectivity index (χ2n) is 9.35. The summed E-state index contributed by atoms with van der Waals surface area (Å²) in [6, 6.07) is 5.40. The molecule has 0 saturated heterocycles. The zero-order valence-corrected chi connectivity index (χ0v) is 18.0. The standard InChI is InChI=1S/C25H38ClF/c1-2-3-4-5-19-6-8-20(9-7-19)10-11-21-12-14-22(15-13-21)23-16-17-24(26)25(27)18-23/h16-22H,2-15H2,1H3/t19-,20-,21?,22?. The van der Waals surface area contributed by atoms with Gasteiger partial charge in [-0.3, -0.25) is 0 Å². The highest BCUT2D eigenvalue weighted by Gasteiger charge is 2.25. The molecule has 2 heteroatoms. The lowest BCUT2D eigenvalue weighted by molar-refractivity contribution is 0.222. The van der Waals surface area contributed by atoms with Crippen LogP contribution in [0.25, 0.3) is 0 Å².